The van der Waals surface area contributed by atoms with Gasteiger partial charge >= 0.3 is 0 Å². The number of methoxy groups -OCH3 is 1. The van der Waals surface area contributed by atoms with E-state index in [-0.39, 0.29) is 11.9 Å². The number of nitrogens with one attached hydrogen (secondary N) is 1. The molecule has 1 heterocycles. The molecule has 1 aromatic heterocycles. The van der Waals surface area contributed by atoms with Gasteiger partial charge < -0.3 is 19.4 Å². The second-order valence-electron chi connectivity index (χ2n) is 8.35. The summed E-state index contributed by atoms with van der Waals surface area (Å²) in [4.78, 5) is 17.5. The first-order valence-corrected chi connectivity index (χ1v) is 11.8. The Morgan fingerprint density at radius 2 is 1.86 bits per heavy atom. The molecule has 1 N–H and O–H groups in total. The summed E-state index contributed by atoms with van der Waals surface area (Å²) in [5.41, 5.74) is 3.70. The summed E-state index contributed by atoms with van der Waals surface area (Å²) in [5.74, 6) is 2.14. The number of carbonyl (C=O) groups is 1. The molecule has 0 aliphatic carbocycles. The predicted molar refractivity (Wildman–Crippen MR) is 139 cm³/mol. The first-order valence-electron chi connectivity index (χ1n) is 11.8. The average molecular weight is 470 g/mol. The SMILES string of the molecule is C=CCc1ccc(OCCCn2c(C(C)NC(=O)c3ccccc3)nc3ccccc32)c(OC)c1. The van der Waals surface area contributed by atoms with E-state index < -0.39 is 0 Å². The molecule has 3 aromatic carbocycles. The smallest absolute Gasteiger partial charge is 0.251 e. The number of rotatable bonds is 11. The summed E-state index contributed by atoms with van der Waals surface area (Å²) in [7, 11) is 1.65. The molecule has 4 aromatic rings. The van der Waals surface area contributed by atoms with Gasteiger partial charge in [0.25, 0.3) is 5.91 Å². The average Bonchev–Trinajstić information content (AvgIpc) is 3.26. The second kappa shape index (κ2) is 11.4. The lowest BCUT2D eigenvalue weighted by Gasteiger charge is -2.17. The maximum absolute atomic E-state index is 12.7. The van der Waals surface area contributed by atoms with Gasteiger partial charge in [0, 0.05) is 12.1 Å². The van der Waals surface area contributed by atoms with Gasteiger partial charge in [0.2, 0.25) is 0 Å². The van der Waals surface area contributed by atoms with E-state index in [4.69, 9.17) is 14.5 Å². The summed E-state index contributed by atoms with van der Waals surface area (Å²) < 4.78 is 13.7. The van der Waals surface area contributed by atoms with Crippen molar-refractivity contribution in [3.63, 3.8) is 0 Å². The molecule has 6 heteroatoms. The molecule has 1 atom stereocenters. The Hall–Kier alpha value is -4.06. The summed E-state index contributed by atoms with van der Waals surface area (Å²) >= 11 is 0. The Bertz CT molecular complexity index is 1300. The molecule has 0 saturated carbocycles. The van der Waals surface area contributed by atoms with Crippen molar-refractivity contribution in [1.82, 2.24) is 14.9 Å². The highest BCUT2D eigenvalue weighted by Crippen LogP contribution is 2.29. The number of allylic oxidation sites excluding steroid dienone is 1. The lowest BCUT2D eigenvalue weighted by Crippen LogP contribution is -2.28. The van der Waals surface area contributed by atoms with E-state index >= 15 is 0 Å². The molecule has 6 nitrogen and oxygen atoms in total. The molecule has 0 saturated heterocycles. The number of carbonyl (C=O) groups excluding carboxylic acids is 1. The summed E-state index contributed by atoms with van der Waals surface area (Å²) in [6.07, 6.45) is 3.42. The number of fused-ring (bicyclic) bond motifs is 1. The molecule has 0 fully saturated rings. The van der Waals surface area contributed by atoms with Gasteiger partial charge in [-0.2, -0.15) is 0 Å². The molecular formula is C29H31N3O3. The van der Waals surface area contributed by atoms with Crippen LogP contribution in [0.1, 0.15) is 41.1 Å². The minimum Gasteiger partial charge on any atom is -0.493 e. The third kappa shape index (κ3) is 5.72. The van der Waals surface area contributed by atoms with Gasteiger partial charge in [-0.1, -0.05) is 42.5 Å². The van der Waals surface area contributed by atoms with Crippen LogP contribution in [0.25, 0.3) is 11.0 Å². The number of imidazole rings is 1. The Balaban J connectivity index is 1.46. The van der Waals surface area contributed by atoms with E-state index in [1.165, 1.54) is 0 Å². The van der Waals surface area contributed by atoms with Gasteiger partial charge in [-0.25, -0.2) is 4.98 Å². The van der Waals surface area contributed by atoms with E-state index in [1.807, 2.05) is 67.6 Å². The molecular weight excluding hydrogens is 438 g/mol. The van der Waals surface area contributed by atoms with Crippen molar-refractivity contribution in [2.75, 3.05) is 13.7 Å². The Morgan fingerprint density at radius 1 is 1.09 bits per heavy atom. The fraction of sp³-hybridized carbons (Fsp3) is 0.241. The van der Waals surface area contributed by atoms with Crippen LogP contribution in [0.3, 0.4) is 0 Å². The molecule has 4 rings (SSSR count). The van der Waals surface area contributed by atoms with Crippen molar-refractivity contribution < 1.29 is 14.3 Å². The molecule has 0 bridgehead atoms. The number of hydrogen-bond acceptors (Lipinski definition) is 4. The Labute approximate surface area is 206 Å². The van der Waals surface area contributed by atoms with Crippen molar-refractivity contribution in [2.24, 2.45) is 0 Å². The highest BCUT2D eigenvalue weighted by molar-refractivity contribution is 5.94. The molecule has 35 heavy (non-hydrogen) atoms. The number of amides is 1. The first kappa shape index (κ1) is 24.1. The highest BCUT2D eigenvalue weighted by atomic mass is 16.5. The largest absolute Gasteiger partial charge is 0.493 e. The normalized spacial score (nSPS) is 11.7. The molecule has 180 valence electrons. The fourth-order valence-corrected chi connectivity index (χ4v) is 4.12. The minimum absolute atomic E-state index is 0.118. The highest BCUT2D eigenvalue weighted by Gasteiger charge is 2.19. The number of hydrogen-bond donors (Lipinski definition) is 1. The van der Waals surface area contributed by atoms with Gasteiger partial charge in [0.15, 0.2) is 11.5 Å². The van der Waals surface area contributed by atoms with Crippen LogP contribution in [0.4, 0.5) is 0 Å². The molecule has 1 amide bonds. The number of benzene rings is 3. The zero-order valence-corrected chi connectivity index (χ0v) is 20.2. The lowest BCUT2D eigenvalue weighted by molar-refractivity contribution is 0.0937. The van der Waals surface area contributed by atoms with E-state index in [2.05, 4.69) is 22.5 Å². The monoisotopic (exact) mass is 469 g/mol. The van der Waals surface area contributed by atoms with Crippen molar-refractivity contribution in [3.05, 3.63) is 102 Å². The number of ether oxygens (including phenoxy) is 2. The maximum Gasteiger partial charge on any atom is 0.251 e. The van der Waals surface area contributed by atoms with Crippen LogP contribution < -0.4 is 14.8 Å². The number of nitrogens with zero attached hydrogens (tertiary/aromatic N) is 2. The predicted octanol–water partition coefficient (Wildman–Crippen LogP) is 5.73. The lowest BCUT2D eigenvalue weighted by atomic mass is 10.1. The van der Waals surface area contributed by atoms with Crippen LogP contribution in [-0.2, 0) is 13.0 Å². The van der Waals surface area contributed by atoms with Crippen LogP contribution in [0.15, 0.2) is 85.5 Å². The number of para-hydroxylation sites is 2. The van der Waals surface area contributed by atoms with Gasteiger partial charge in [-0.3, -0.25) is 4.79 Å². The van der Waals surface area contributed by atoms with Crippen molar-refractivity contribution >= 4 is 16.9 Å². The minimum atomic E-state index is -0.256. The van der Waals surface area contributed by atoms with Crippen LogP contribution in [0, 0.1) is 0 Å². The molecule has 0 spiro atoms. The van der Waals surface area contributed by atoms with Crippen molar-refractivity contribution in [2.45, 2.75) is 32.4 Å². The van der Waals surface area contributed by atoms with Crippen LogP contribution in [0.5, 0.6) is 11.5 Å². The molecule has 0 radical (unpaired) electrons. The number of aryl methyl sites for hydroxylation is 1. The molecule has 1 unspecified atom stereocenters. The Kier molecular flexibility index (Phi) is 7.83. The third-order valence-corrected chi connectivity index (χ3v) is 5.85. The van der Waals surface area contributed by atoms with E-state index in [0.29, 0.717) is 18.7 Å². The summed E-state index contributed by atoms with van der Waals surface area (Å²) in [5, 5.41) is 3.08. The van der Waals surface area contributed by atoms with Gasteiger partial charge in [-0.05, 0) is 61.7 Å². The first-order chi connectivity index (χ1) is 17.1. The zero-order chi connectivity index (χ0) is 24.6. The number of aromatic nitrogens is 2. The zero-order valence-electron chi connectivity index (χ0n) is 20.2. The van der Waals surface area contributed by atoms with E-state index in [0.717, 1.165) is 46.8 Å². The van der Waals surface area contributed by atoms with Gasteiger partial charge in [0.1, 0.15) is 5.82 Å². The van der Waals surface area contributed by atoms with Crippen LogP contribution in [0.2, 0.25) is 0 Å². The van der Waals surface area contributed by atoms with Crippen LogP contribution >= 0.6 is 0 Å². The van der Waals surface area contributed by atoms with E-state index in [9.17, 15) is 4.79 Å². The van der Waals surface area contributed by atoms with Crippen molar-refractivity contribution in [3.8, 4) is 11.5 Å². The van der Waals surface area contributed by atoms with Gasteiger partial charge in [0.05, 0.1) is 30.8 Å². The maximum atomic E-state index is 12.7. The third-order valence-electron chi connectivity index (χ3n) is 5.85. The van der Waals surface area contributed by atoms with E-state index in [1.54, 1.807) is 19.2 Å². The molecule has 0 aliphatic heterocycles. The topological polar surface area (TPSA) is 65.4 Å². The fourth-order valence-electron chi connectivity index (χ4n) is 4.12. The molecule has 0 aliphatic rings. The van der Waals surface area contributed by atoms with Gasteiger partial charge in [-0.15, -0.1) is 6.58 Å². The summed E-state index contributed by atoms with van der Waals surface area (Å²) in [6, 6.07) is 22.9. The Morgan fingerprint density at radius 3 is 2.63 bits per heavy atom. The standard InChI is InChI=1S/C29H31N3O3/c1-4-11-22-16-17-26(27(20-22)34-3)35-19-10-18-32-25-15-9-8-14-24(25)31-28(32)21(2)30-29(33)23-12-6-5-7-13-23/h4-9,12-17,20-21H,1,10-11,18-19H2,2-3H3,(H,30,33). The quantitative estimate of drug-likeness (QED) is 0.225. The second-order valence-corrected chi connectivity index (χ2v) is 8.35. The summed E-state index contributed by atoms with van der Waals surface area (Å²) in [6.45, 7) is 6.98. The van der Waals surface area contributed by atoms with Crippen molar-refractivity contribution in [1.29, 1.82) is 0 Å². The van der Waals surface area contributed by atoms with Crippen LogP contribution in [-0.4, -0.2) is 29.2 Å².